The highest BCUT2D eigenvalue weighted by Crippen LogP contribution is 2.23. The molecular formula is C10H10FN3. The van der Waals surface area contributed by atoms with Gasteiger partial charge in [-0.05, 0) is 24.3 Å². The maximum atomic E-state index is 12.7. The Morgan fingerprint density at radius 2 is 1.93 bits per heavy atom. The average Bonchev–Trinajstić information content (AvgIpc) is 2.47. The van der Waals surface area contributed by atoms with E-state index in [0.717, 1.165) is 5.56 Å². The third kappa shape index (κ3) is 1.46. The van der Waals surface area contributed by atoms with E-state index in [1.807, 2.05) is 0 Å². The number of benzene rings is 1. The monoisotopic (exact) mass is 191 g/mol. The average molecular weight is 191 g/mol. The van der Waals surface area contributed by atoms with Crippen molar-refractivity contribution in [3.05, 3.63) is 36.3 Å². The van der Waals surface area contributed by atoms with Gasteiger partial charge in [0.15, 0.2) is 0 Å². The number of anilines is 1. The van der Waals surface area contributed by atoms with Crippen LogP contribution in [0.15, 0.2) is 30.5 Å². The second-order valence-electron chi connectivity index (χ2n) is 3.11. The fourth-order valence-electron chi connectivity index (χ4n) is 1.34. The van der Waals surface area contributed by atoms with Crippen LogP contribution in [0.2, 0.25) is 0 Å². The van der Waals surface area contributed by atoms with Crippen molar-refractivity contribution < 1.29 is 4.39 Å². The van der Waals surface area contributed by atoms with E-state index in [1.165, 1.54) is 12.1 Å². The summed E-state index contributed by atoms with van der Waals surface area (Å²) in [6.45, 7) is 0. The van der Waals surface area contributed by atoms with Crippen LogP contribution in [0.4, 0.5) is 10.1 Å². The Morgan fingerprint density at radius 1 is 1.29 bits per heavy atom. The highest BCUT2D eigenvalue weighted by molar-refractivity contribution is 5.71. The van der Waals surface area contributed by atoms with Gasteiger partial charge < -0.3 is 5.73 Å². The molecule has 3 nitrogen and oxygen atoms in total. The molecule has 0 amide bonds. The highest BCUT2D eigenvalue weighted by atomic mass is 19.1. The summed E-state index contributed by atoms with van der Waals surface area (Å²) >= 11 is 0. The van der Waals surface area contributed by atoms with Crippen molar-refractivity contribution in [2.45, 2.75) is 0 Å². The van der Waals surface area contributed by atoms with Crippen molar-refractivity contribution in [2.24, 2.45) is 7.05 Å². The van der Waals surface area contributed by atoms with Gasteiger partial charge >= 0.3 is 0 Å². The summed E-state index contributed by atoms with van der Waals surface area (Å²) < 4.78 is 14.3. The van der Waals surface area contributed by atoms with Gasteiger partial charge in [-0.3, -0.25) is 4.68 Å². The Bertz CT molecular complexity index is 445. The van der Waals surface area contributed by atoms with Crippen LogP contribution in [-0.2, 0) is 7.05 Å². The lowest BCUT2D eigenvalue weighted by molar-refractivity contribution is 0.628. The molecule has 2 N–H and O–H groups in total. The van der Waals surface area contributed by atoms with Crippen molar-refractivity contribution in [1.29, 1.82) is 0 Å². The summed E-state index contributed by atoms with van der Waals surface area (Å²) in [5.41, 5.74) is 7.84. The van der Waals surface area contributed by atoms with Gasteiger partial charge in [0.05, 0.1) is 5.69 Å². The Morgan fingerprint density at radius 3 is 2.43 bits per heavy atom. The van der Waals surface area contributed by atoms with E-state index in [1.54, 1.807) is 30.1 Å². The molecule has 1 aromatic heterocycles. The molecule has 0 unspecified atom stereocenters. The minimum Gasteiger partial charge on any atom is -0.396 e. The maximum absolute atomic E-state index is 12.7. The molecule has 0 aliphatic heterocycles. The predicted octanol–water partition coefficient (Wildman–Crippen LogP) is 1.81. The molecule has 0 saturated heterocycles. The molecule has 0 atom stereocenters. The smallest absolute Gasteiger partial charge is 0.123 e. The molecule has 1 heterocycles. The first-order valence-corrected chi connectivity index (χ1v) is 4.22. The zero-order valence-corrected chi connectivity index (χ0v) is 7.74. The first kappa shape index (κ1) is 8.74. The van der Waals surface area contributed by atoms with E-state index in [-0.39, 0.29) is 5.82 Å². The minimum absolute atomic E-state index is 0.261. The summed E-state index contributed by atoms with van der Waals surface area (Å²) in [4.78, 5) is 0. The van der Waals surface area contributed by atoms with Gasteiger partial charge in [0.2, 0.25) is 0 Å². The lowest BCUT2D eigenvalue weighted by Crippen LogP contribution is -1.88. The minimum atomic E-state index is -0.261. The third-order valence-electron chi connectivity index (χ3n) is 1.97. The zero-order valence-electron chi connectivity index (χ0n) is 7.74. The molecule has 0 bridgehead atoms. The maximum Gasteiger partial charge on any atom is 0.123 e. The van der Waals surface area contributed by atoms with Gasteiger partial charge in [0.1, 0.15) is 11.5 Å². The molecular weight excluding hydrogens is 181 g/mol. The summed E-state index contributed by atoms with van der Waals surface area (Å²) in [5.74, 6) is -0.261. The van der Waals surface area contributed by atoms with Gasteiger partial charge in [-0.15, -0.1) is 0 Å². The molecule has 2 aromatic rings. The molecule has 2 rings (SSSR count). The van der Waals surface area contributed by atoms with E-state index < -0.39 is 0 Å². The normalized spacial score (nSPS) is 10.4. The summed E-state index contributed by atoms with van der Waals surface area (Å²) in [7, 11) is 1.80. The van der Waals surface area contributed by atoms with E-state index >= 15 is 0 Å². The predicted molar refractivity (Wildman–Crippen MR) is 53.0 cm³/mol. The molecule has 72 valence electrons. The topological polar surface area (TPSA) is 43.8 Å². The molecule has 0 saturated carbocycles. The van der Waals surface area contributed by atoms with E-state index in [0.29, 0.717) is 11.4 Å². The summed E-state index contributed by atoms with van der Waals surface area (Å²) in [6.07, 6.45) is 1.72. The fraction of sp³-hybridized carbons (Fsp3) is 0.100. The highest BCUT2D eigenvalue weighted by Gasteiger charge is 2.06. The van der Waals surface area contributed by atoms with E-state index in [9.17, 15) is 4.39 Å². The van der Waals surface area contributed by atoms with E-state index in [2.05, 4.69) is 5.10 Å². The van der Waals surface area contributed by atoms with Crippen molar-refractivity contribution in [3.8, 4) is 11.3 Å². The molecule has 0 fully saturated rings. The number of hydrogen-bond acceptors (Lipinski definition) is 2. The first-order chi connectivity index (χ1) is 6.66. The molecule has 4 heteroatoms. The van der Waals surface area contributed by atoms with Crippen molar-refractivity contribution >= 4 is 5.69 Å². The van der Waals surface area contributed by atoms with Crippen LogP contribution in [0, 0.1) is 5.82 Å². The molecule has 0 aliphatic carbocycles. The number of hydrogen-bond donors (Lipinski definition) is 1. The second kappa shape index (κ2) is 3.14. The molecule has 14 heavy (non-hydrogen) atoms. The molecule has 0 radical (unpaired) electrons. The van der Waals surface area contributed by atoms with Gasteiger partial charge in [-0.25, -0.2) is 4.39 Å². The Balaban J connectivity index is 2.49. The van der Waals surface area contributed by atoms with Gasteiger partial charge in [-0.1, -0.05) is 0 Å². The van der Waals surface area contributed by atoms with Crippen LogP contribution in [0.5, 0.6) is 0 Å². The summed E-state index contributed by atoms with van der Waals surface area (Å²) in [6, 6.07) is 6.11. The first-order valence-electron chi connectivity index (χ1n) is 4.22. The van der Waals surface area contributed by atoms with Crippen molar-refractivity contribution in [1.82, 2.24) is 9.78 Å². The third-order valence-corrected chi connectivity index (χ3v) is 1.97. The lowest BCUT2D eigenvalue weighted by Gasteiger charge is -1.97. The Labute approximate surface area is 81.0 Å². The van der Waals surface area contributed by atoms with E-state index in [4.69, 9.17) is 5.73 Å². The number of halogens is 1. The Hall–Kier alpha value is -1.84. The van der Waals surface area contributed by atoms with Crippen LogP contribution in [0.25, 0.3) is 11.3 Å². The van der Waals surface area contributed by atoms with Crippen LogP contribution >= 0.6 is 0 Å². The fourth-order valence-corrected chi connectivity index (χ4v) is 1.34. The standard InChI is InChI=1S/C10H10FN3/c1-14-6-9(12)10(13-14)7-2-4-8(11)5-3-7/h2-6H,12H2,1H3. The lowest BCUT2D eigenvalue weighted by atomic mass is 10.1. The second-order valence-corrected chi connectivity index (χ2v) is 3.11. The number of aryl methyl sites for hydroxylation is 1. The van der Waals surface area contributed by atoms with Crippen LogP contribution in [-0.4, -0.2) is 9.78 Å². The van der Waals surface area contributed by atoms with Gasteiger partial charge in [0, 0.05) is 18.8 Å². The largest absolute Gasteiger partial charge is 0.396 e. The Kier molecular flexibility index (Phi) is 1.96. The quantitative estimate of drug-likeness (QED) is 0.747. The van der Waals surface area contributed by atoms with Crippen LogP contribution < -0.4 is 5.73 Å². The van der Waals surface area contributed by atoms with Crippen LogP contribution in [0.3, 0.4) is 0 Å². The van der Waals surface area contributed by atoms with Gasteiger partial charge in [-0.2, -0.15) is 5.10 Å². The number of nitrogens with two attached hydrogens (primary N) is 1. The number of aromatic nitrogens is 2. The number of nitrogen functional groups attached to an aromatic ring is 1. The molecule has 0 spiro atoms. The zero-order chi connectivity index (χ0) is 10.1. The van der Waals surface area contributed by atoms with Gasteiger partial charge in [0.25, 0.3) is 0 Å². The molecule has 1 aromatic carbocycles. The SMILES string of the molecule is Cn1cc(N)c(-c2ccc(F)cc2)n1. The van der Waals surface area contributed by atoms with Crippen LogP contribution in [0.1, 0.15) is 0 Å². The summed E-state index contributed by atoms with van der Waals surface area (Å²) in [5, 5.41) is 4.18. The number of nitrogens with zero attached hydrogens (tertiary/aromatic N) is 2. The molecule has 0 aliphatic rings. The number of rotatable bonds is 1. The van der Waals surface area contributed by atoms with Crippen molar-refractivity contribution in [3.63, 3.8) is 0 Å². The van der Waals surface area contributed by atoms with Crippen molar-refractivity contribution in [2.75, 3.05) is 5.73 Å².